The minimum absolute atomic E-state index is 0.0199. The van der Waals surface area contributed by atoms with E-state index in [1.807, 2.05) is 74.5 Å². The average molecular weight is 1270 g/mol. The van der Waals surface area contributed by atoms with Crippen LogP contribution in [0.2, 0.25) is 0 Å². The summed E-state index contributed by atoms with van der Waals surface area (Å²) in [5, 5.41) is 23.4. The summed E-state index contributed by atoms with van der Waals surface area (Å²) in [4.78, 5) is 171. The number of hydrogen-bond acceptors (Lipinski definition) is 13. The second-order valence-electron chi connectivity index (χ2n) is 27.5. The highest BCUT2D eigenvalue weighted by atomic mass is 16.3. The second-order valence-corrected chi connectivity index (χ2v) is 27.5. The molecule has 24 nitrogen and oxygen atoms in total. The molecule has 0 aromatic rings. The predicted molar refractivity (Wildman–Crippen MR) is 350 cm³/mol. The first-order valence-electron chi connectivity index (χ1n) is 32.8. The van der Waals surface area contributed by atoms with Crippen LogP contribution < -0.4 is 27.0 Å². The van der Waals surface area contributed by atoms with Crippen LogP contribution in [0.5, 0.6) is 0 Å². The maximum atomic E-state index is 15.3. The predicted octanol–water partition coefficient (Wildman–Crippen LogP) is 3.77. The minimum Gasteiger partial charge on any atom is -0.390 e. The van der Waals surface area contributed by atoms with Crippen molar-refractivity contribution in [3.63, 3.8) is 0 Å². The molecule has 7 N–H and O–H groups in total. The fourth-order valence-electron chi connectivity index (χ4n) is 11.4. The van der Waals surface area contributed by atoms with Crippen LogP contribution in [-0.2, 0) is 52.7 Å². The van der Waals surface area contributed by atoms with Crippen molar-refractivity contribution in [2.45, 2.75) is 242 Å². The zero-order valence-corrected chi connectivity index (χ0v) is 59.2. The number of carbonyl (C=O) groups is 11. The molecule has 0 saturated carbocycles. The van der Waals surface area contributed by atoms with Crippen molar-refractivity contribution in [2.75, 3.05) is 62.4 Å². The zero-order chi connectivity index (χ0) is 69.5. The van der Waals surface area contributed by atoms with Gasteiger partial charge in [-0.2, -0.15) is 0 Å². The van der Waals surface area contributed by atoms with Crippen LogP contribution in [-0.4, -0.2) is 233 Å². The first kappa shape index (κ1) is 81.8. The monoisotopic (exact) mass is 1270 g/mol. The molecule has 0 spiro atoms. The number of nitrogens with one attached hydrogen (secondary N) is 4. The van der Waals surface area contributed by atoms with Crippen LogP contribution in [0.1, 0.15) is 175 Å². The van der Waals surface area contributed by atoms with E-state index < -0.39 is 156 Å². The first-order chi connectivity index (χ1) is 41.7. The maximum Gasteiger partial charge on any atom is 0.246 e. The number of rotatable bonds is 20. The van der Waals surface area contributed by atoms with Gasteiger partial charge in [0.2, 0.25) is 65.0 Å². The van der Waals surface area contributed by atoms with Crippen molar-refractivity contribution in [3.8, 4) is 0 Å². The summed E-state index contributed by atoms with van der Waals surface area (Å²) in [6, 6.07) is -12.4. The van der Waals surface area contributed by atoms with Crippen LogP contribution in [0.3, 0.4) is 0 Å². The van der Waals surface area contributed by atoms with Crippen LogP contribution in [0.25, 0.3) is 0 Å². The summed E-state index contributed by atoms with van der Waals surface area (Å²) < 4.78 is 0. The fourth-order valence-corrected chi connectivity index (χ4v) is 11.4. The molecule has 0 aliphatic carbocycles. The van der Waals surface area contributed by atoms with Gasteiger partial charge in [-0.3, -0.25) is 52.7 Å². The Labute approximate surface area is 539 Å². The van der Waals surface area contributed by atoms with Crippen molar-refractivity contribution < 1.29 is 57.8 Å². The molecule has 1 rings (SSSR count). The molecule has 12 atom stereocenters. The number of aliphatic hydroxyl groups excluding tert-OH is 1. The Balaban J connectivity index is 4.45. The molecule has 0 aromatic carbocycles. The van der Waals surface area contributed by atoms with Crippen molar-refractivity contribution in [1.82, 2.24) is 55.6 Å². The number of aliphatic hydroxyl groups is 1. The summed E-state index contributed by atoms with van der Waals surface area (Å²) in [5.74, 6) is -9.75. The van der Waals surface area contributed by atoms with Gasteiger partial charge < -0.3 is 66.4 Å². The Morgan fingerprint density at radius 2 is 0.922 bits per heavy atom. The Morgan fingerprint density at radius 3 is 1.39 bits per heavy atom. The smallest absolute Gasteiger partial charge is 0.246 e. The van der Waals surface area contributed by atoms with E-state index in [1.165, 1.54) is 80.8 Å². The van der Waals surface area contributed by atoms with Crippen LogP contribution in [0.4, 0.5) is 0 Å². The molecule has 1 aliphatic rings. The van der Waals surface area contributed by atoms with E-state index in [2.05, 4.69) is 21.3 Å². The van der Waals surface area contributed by atoms with Gasteiger partial charge in [0.1, 0.15) is 60.4 Å². The van der Waals surface area contributed by atoms with Gasteiger partial charge in [-0.05, 0) is 119 Å². The Kier molecular flexibility index (Phi) is 35.1. The second kappa shape index (κ2) is 38.6. The number of nitrogens with two attached hydrogens (primary N) is 1. The van der Waals surface area contributed by atoms with E-state index in [1.54, 1.807) is 41.5 Å². The first-order valence-corrected chi connectivity index (χ1v) is 32.8. The number of nitrogens with zero attached hydrogens (tertiary/aromatic N) is 7. The molecule has 0 aromatic heterocycles. The Morgan fingerprint density at radius 1 is 0.478 bits per heavy atom. The molecule has 1 saturated heterocycles. The number of unbranched alkanes of at least 4 members (excludes halogenated alkanes) is 1. The standard InChI is InChI=1S/C66H120N12O12/c1-24-26-27-30-44(15)56(80)55-60(84)69-46(25-2)61(85)72(17)37-52(79)73(18)48(33-38(3)4)59(83)71-53(42(11)12)65(89)74(19)49(34-39(5)6)58(82)68-45(16)57(81)70-47(31-28-29-32-67)62(86)75(20)50(35-40(7)8)63(87)76(21)51(36-41(9)10)64(88)77(22)54(43(13)14)66(90)78(55)23/h26-27,38-51,53-56,80H,24-25,28-37,67H2,1-23H3,(H,68,82)(H,69,84)(H,70,81)(H,71,83)/b27-26+/t44-,45+,46+,47-,48-,49-,50+,51+,53-,54+,55+,56-/m1/s1. The molecule has 0 bridgehead atoms. The van der Waals surface area contributed by atoms with Gasteiger partial charge in [-0.15, -0.1) is 0 Å². The highest BCUT2D eigenvalue weighted by Gasteiger charge is 2.46. The van der Waals surface area contributed by atoms with Gasteiger partial charge in [0.25, 0.3) is 0 Å². The molecule has 24 heteroatoms. The lowest BCUT2D eigenvalue weighted by Gasteiger charge is -2.41. The fraction of sp³-hybridized carbons (Fsp3) is 0.803. The van der Waals surface area contributed by atoms with Crippen LogP contribution in [0.15, 0.2) is 12.2 Å². The summed E-state index contributed by atoms with van der Waals surface area (Å²) in [6.07, 6.45) is 4.92. The lowest BCUT2D eigenvalue weighted by Crippen LogP contribution is -2.63. The van der Waals surface area contributed by atoms with E-state index in [-0.39, 0.29) is 62.2 Å². The minimum atomic E-state index is -1.62. The lowest BCUT2D eigenvalue weighted by molar-refractivity contribution is -0.157. The third-order valence-electron chi connectivity index (χ3n) is 17.1. The molecular formula is C66H120N12O12. The number of hydrogen-bond donors (Lipinski definition) is 6. The van der Waals surface area contributed by atoms with Gasteiger partial charge in [0.05, 0.1) is 12.6 Å². The molecule has 11 amide bonds. The Hall–Kier alpha value is -6.17. The van der Waals surface area contributed by atoms with Crippen LogP contribution >= 0.6 is 0 Å². The number of likely N-dealkylation sites (N-methyl/N-ethyl adjacent to an activating group) is 7. The quantitative estimate of drug-likeness (QED) is 0.0749. The SMILES string of the molecule is CC/C=C/C[C@@H](C)[C@@H](O)[C@H]1C(=O)N[C@@H](CC)C(=O)N(C)CC(=O)N(C)[C@H](CC(C)C)C(=O)N[C@H](C(C)C)C(=O)N(C)[C@H](CC(C)C)C(=O)N[C@@H](C)C(=O)N[C@H](CCCCN)C(=O)N(C)[C@@H](CC(C)C)C(=O)N(C)[C@@H](CC(C)C)C(=O)N(C)[C@@H](C(C)C)C(=O)N1C. The third-order valence-corrected chi connectivity index (χ3v) is 17.1. The normalized spacial score (nSPS) is 26.1. The van der Waals surface area contributed by atoms with E-state index in [4.69, 9.17) is 5.73 Å². The van der Waals surface area contributed by atoms with E-state index in [0.29, 0.717) is 32.2 Å². The number of amides is 11. The maximum absolute atomic E-state index is 15.3. The third kappa shape index (κ3) is 23.8. The number of carbonyl (C=O) groups excluding carboxylic acids is 11. The van der Waals surface area contributed by atoms with Crippen molar-refractivity contribution >= 4 is 65.0 Å². The van der Waals surface area contributed by atoms with Crippen molar-refractivity contribution in [2.24, 2.45) is 47.2 Å². The van der Waals surface area contributed by atoms with E-state index >= 15 is 14.4 Å². The summed E-state index contributed by atoms with van der Waals surface area (Å²) in [6.45, 7) is 28.4. The molecule has 0 radical (unpaired) electrons. The van der Waals surface area contributed by atoms with Gasteiger partial charge in [-0.1, -0.05) is 116 Å². The van der Waals surface area contributed by atoms with Crippen LogP contribution in [0, 0.1) is 41.4 Å². The zero-order valence-electron chi connectivity index (χ0n) is 59.2. The van der Waals surface area contributed by atoms with Gasteiger partial charge >= 0.3 is 0 Å². The Bertz CT molecular complexity index is 2420. The molecular weight excluding hydrogens is 1150 g/mol. The van der Waals surface area contributed by atoms with Gasteiger partial charge in [-0.25, -0.2) is 0 Å². The average Bonchev–Trinajstić information content (AvgIpc) is 0.890. The van der Waals surface area contributed by atoms with Crippen molar-refractivity contribution in [3.05, 3.63) is 12.2 Å². The molecule has 1 fully saturated rings. The largest absolute Gasteiger partial charge is 0.390 e. The highest BCUT2D eigenvalue weighted by molar-refractivity contribution is 5.99. The molecule has 90 heavy (non-hydrogen) atoms. The van der Waals surface area contributed by atoms with Crippen molar-refractivity contribution in [1.29, 1.82) is 0 Å². The van der Waals surface area contributed by atoms with Gasteiger partial charge in [0.15, 0.2) is 0 Å². The molecule has 1 heterocycles. The highest BCUT2D eigenvalue weighted by Crippen LogP contribution is 2.26. The van der Waals surface area contributed by atoms with Gasteiger partial charge in [0, 0.05) is 49.3 Å². The summed E-state index contributed by atoms with van der Waals surface area (Å²) in [5.41, 5.74) is 5.89. The van der Waals surface area contributed by atoms with E-state index in [9.17, 15) is 43.5 Å². The molecule has 0 unspecified atom stereocenters. The number of allylic oxidation sites excluding steroid dienone is 2. The lowest BCUT2D eigenvalue weighted by atomic mass is 9.91. The topological polar surface area (TPSA) is 305 Å². The van der Waals surface area contributed by atoms with E-state index in [0.717, 1.165) is 9.80 Å². The molecule has 1 aliphatic heterocycles. The summed E-state index contributed by atoms with van der Waals surface area (Å²) >= 11 is 0. The molecule has 516 valence electrons. The summed E-state index contributed by atoms with van der Waals surface area (Å²) in [7, 11) is 9.99.